The SMILES string of the molecule is CSc1ccc(OCC(=O)c2ccc(Br)s2)cc1. The predicted octanol–water partition coefficient (Wildman–Crippen LogP) is 4.49. The molecule has 0 aliphatic carbocycles. The number of ether oxygens (including phenoxy) is 1. The molecule has 0 N–H and O–H groups in total. The second-order valence-corrected chi connectivity index (χ2v) is 6.83. The molecule has 1 heterocycles. The van der Waals surface area contributed by atoms with Crippen LogP contribution in [0.3, 0.4) is 0 Å². The summed E-state index contributed by atoms with van der Waals surface area (Å²) in [6, 6.07) is 11.4. The van der Waals surface area contributed by atoms with Crippen LogP contribution in [0.2, 0.25) is 0 Å². The zero-order valence-electron chi connectivity index (χ0n) is 9.68. The van der Waals surface area contributed by atoms with E-state index in [-0.39, 0.29) is 12.4 Å². The van der Waals surface area contributed by atoms with Gasteiger partial charge < -0.3 is 4.74 Å². The van der Waals surface area contributed by atoms with Crippen LogP contribution in [0.4, 0.5) is 0 Å². The lowest BCUT2D eigenvalue weighted by atomic mass is 10.3. The van der Waals surface area contributed by atoms with E-state index in [1.807, 2.05) is 36.6 Å². The first-order valence-corrected chi connectivity index (χ1v) is 8.08. The molecule has 0 aliphatic heterocycles. The van der Waals surface area contributed by atoms with Crippen molar-refractivity contribution in [1.82, 2.24) is 0 Å². The Morgan fingerprint density at radius 2 is 2.00 bits per heavy atom. The van der Waals surface area contributed by atoms with Crippen molar-refractivity contribution in [2.45, 2.75) is 4.90 Å². The van der Waals surface area contributed by atoms with Gasteiger partial charge in [-0.3, -0.25) is 4.79 Å². The number of carbonyl (C=O) groups is 1. The third-order valence-corrected chi connectivity index (χ3v) is 4.69. The number of rotatable bonds is 5. The van der Waals surface area contributed by atoms with Crippen LogP contribution in [-0.2, 0) is 0 Å². The molecule has 2 aromatic rings. The fourth-order valence-corrected chi connectivity index (χ4v) is 3.07. The molecule has 1 aromatic heterocycles. The van der Waals surface area contributed by atoms with Crippen molar-refractivity contribution >= 4 is 44.8 Å². The molecule has 0 radical (unpaired) electrons. The molecule has 0 saturated carbocycles. The van der Waals surface area contributed by atoms with E-state index in [1.54, 1.807) is 17.8 Å². The summed E-state index contributed by atoms with van der Waals surface area (Å²) in [7, 11) is 0. The summed E-state index contributed by atoms with van der Waals surface area (Å²) in [5.74, 6) is 0.719. The van der Waals surface area contributed by atoms with Gasteiger partial charge in [0, 0.05) is 4.90 Å². The summed E-state index contributed by atoms with van der Waals surface area (Å²) in [6.45, 7) is 0.0750. The highest BCUT2D eigenvalue weighted by atomic mass is 79.9. The van der Waals surface area contributed by atoms with Gasteiger partial charge in [-0.05, 0) is 58.6 Å². The maximum atomic E-state index is 11.8. The van der Waals surface area contributed by atoms with Gasteiger partial charge >= 0.3 is 0 Å². The van der Waals surface area contributed by atoms with Gasteiger partial charge in [0.1, 0.15) is 5.75 Å². The lowest BCUT2D eigenvalue weighted by Crippen LogP contribution is -2.09. The second kappa shape index (κ2) is 6.41. The van der Waals surface area contributed by atoms with Crippen LogP contribution in [0.15, 0.2) is 45.1 Å². The van der Waals surface area contributed by atoms with Crippen molar-refractivity contribution in [3.63, 3.8) is 0 Å². The Hall–Kier alpha value is -0.780. The number of halogens is 1. The van der Waals surface area contributed by atoms with Gasteiger partial charge in [-0.1, -0.05) is 0 Å². The number of benzene rings is 1. The van der Waals surface area contributed by atoms with Crippen LogP contribution in [0, 0.1) is 0 Å². The number of thioether (sulfide) groups is 1. The number of thiophene rings is 1. The first-order chi connectivity index (χ1) is 8.69. The van der Waals surface area contributed by atoms with Gasteiger partial charge in [0.2, 0.25) is 5.78 Å². The van der Waals surface area contributed by atoms with Crippen molar-refractivity contribution in [3.8, 4) is 5.75 Å². The molecular formula is C13H11BrO2S2. The zero-order valence-corrected chi connectivity index (χ0v) is 12.9. The van der Waals surface area contributed by atoms with Crippen molar-refractivity contribution in [3.05, 3.63) is 45.1 Å². The van der Waals surface area contributed by atoms with E-state index < -0.39 is 0 Å². The molecule has 0 saturated heterocycles. The van der Waals surface area contributed by atoms with E-state index in [1.165, 1.54) is 16.2 Å². The Kier molecular flexibility index (Phi) is 4.86. The van der Waals surface area contributed by atoms with Crippen LogP contribution in [0.5, 0.6) is 5.75 Å². The smallest absolute Gasteiger partial charge is 0.210 e. The van der Waals surface area contributed by atoms with Crippen molar-refractivity contribution in [2.24, 2.45) is 0 Å². The monoisotopic (exact) mass is 342 g/mol. The predicted molar refractivity (Wildman–Crippen MR) is 80.1 cm³/mol. The Morgan fingerprint density at radius 3 is 2.56 bits per heavy atom. The van der Waals surface area contributed by atoms with Crippen molar-refractivity contribution in [1.29, 1.82) is 0 Å². The molecular weight excluding hydrogens is 332 g/mol. The normalized spacial score (nSPS) is 10.3. The minimum absolute atomic E-state index is 0.000331. The molecule has 0 fully saturated rings. The lowest BCUT2D eigenvalue weighted by molar-refractivity contribution is 0.0925. The minimum Gasteiger partial charge on any atom is -0.485 e. The highest BCUT2D eigenvalue weighted by molar-refractivity contribution is 9.11. The molecule has 18 heavy (non-hydrogen) atoms. The molecule has 0 spiro atoms. The molecule has 1 aromatic carbocycles. The number of hydrogen-bond acceptors (Lipinski definition) is 4. The van der Waals surface area contributed by atoms with Gasteiger partial charge in [-0.2, -0.15) is 0 Å². The number of carbonyl (C=O) groups excluding carboxylic acids is 1. The molecule has 0 bridgehead atoms. The quantitative estimate of drug-likeness (QED) is 0.591. The number of Topliss-reactive ketones (excluding diaryl/α,β-unsaturated/α-hetero) is 1. The Bertz CT molecular complexity index is 534. The van der Waals surface area contributed by atoms with Crippen LogP contribution < -0.4 is 4.74 Å². The minimum atomic E-state index is -0.000331. The summed E-state index contributed by atoms with van der Waals surface area (Å²) in [6.07, 6.45) is 2.02. The molecule has 0 amide bonds. The maximum absolute atomic E-state index is 11.8. The third kappa shape index (κ3) is 3.60. The molecule has 5 heteroatoms. The second-order valence-electron chi connectivity index (χ2n) is 3.49. The molecule has 94 valence electrons. The topological polar surface area (TPSA) is 26.3 Å². The van der Waals surface area contributed by atoms with Crippen LogP contribution in [0.25, 0.3) is 0 Å². The average molecular weight is 343 g/mol. The molecule has 2 nitrogen and oxygen atoms in total. The van der Waals surface area contributed by atoms with E-state index in [9.17, 15) is 4.79 Å². The van der Waals surface area contributed by atoms with E-state index in [0.717, 1.165) is 9.54 Å². The summed E-state index contributed by atoms with van der Waals surface area (Å²) in [5.41, 5.74) is 0. The maximum Gasteiger partial charge on any atom is 0.210 e. The summed E-state index contributed by atoms with van der Waals surface area (Å²) in [4.78, 5) is 13.7. The fourth-order valence-electron chi connectivity index (χ4n) is 1.36. The highest BCUT2D eigenvalue weighted by Crippen LogP contribution is 2.23. The molecule has 0 aliphatic rings. The lowest BCUT2D eigenvalue weighted by Gasteiger charge is -2.05. The van der Waals surface area contributed by atoms with Gasteiger partial charge in [0.25, 0.3) is 0 Å². The summed E-state index contributed by atoms with van der Waals surface area (Å²) >= 11 is 6.43. The van der Waals surface area contributed by atoms with Crippen molar-refractivity contribution < 1.29 is 9.53 Å². The van der Waals surface area contributed by atoms with Gasteiger partial charge in [0.05, 0.1) is 8.66 Å². The third-order valence-electron chi connectivity index (χ3n) is 2.28. The Labute approximate surface area is 122 Å². The van der Waals surface area contributed by atoms with Crippen molar-refractivity contribution in [2.75, 3.05) is 12.9 Å². The standard InChI is InChI=1S/C13H11BrO2S2/c1-17-10-4-2-9(3-5-10)16-8-11(15)12-6-7-13(14)18-12/h2-7H,8H2,1H3. The average Bonchev–Trinajstić information content (AvgIpc) is 2.83. The van der Waals surface area contributed by atoms with Crippen LogP contribution in [-0.4, -0.2) is 18.6 Å². The Balaban J connectivity index is 1.92. The zero-order chi connectivity index (χ0) is 13.0. The van der Waals surface area contributed by atoms with Gasteiger partial charge in [-0.15, -0.1) is 23.1 Å². The number of hydrogen-bond donors (Lipinski definition) is 0. The first-order valence-electron chi connectivity index (χ1n) is 5.24. The van der Waals surface area contributed by atoms with E-state index >= 15 is 0 Å². The first kappa shape index (κ1) is 13.6. The fraction of sp³-hybridized carbons (Fsp3) is 0.154. The molecule has 2 rings (SSSR count). The highest BCUT2D eigenvalue weighted by Gasteiger charge is 2.09. The Morgan fingerprint density at radius 1 is 1.28 bits per heavy atom. The molecule has 0 atom stereocenters. The van der Waals surface area contributed by atoms with E-state index in [0.29, 0.717) is 4.88 Å². The van der Waals surface area contributed by atoms with Gasteiger partial charge in [-0.25, -0.2) is 0 Å². The summed E-state index contributed by atoms with van der Waals surface area (Å²) in [5, 5.41) is 0. The van der Waals surface area contributed by atoms with E-state index in [2.05, 4.69) is 15.9 Å². The molecule has 0 unspecified atom stereocenters. The van der Waals surface area contributed by atoms with E-state index in [4.69, 9.17) is 4.74 Å². The number of ketones is 1. The van der Waals surface area contributed by atoms with Crippen LogP contribution >= 0.6 is 39.0 Å². The van der Waals surface area contributed by atoms with Gasteiger partial charge in [0.15, 0.2) is 6.61 Å². The van der Waals surface area contributed by atoms with Crippen LogP contribution in [0.1, 0.15) is 9.67 Å². The summed E-state index contributed by atoms with van der Waals surface area (Å²) < 4.78 is 6.42. The largest absolute Gasteiger partial charge is 0.485 e.